The van der Waals surface area contributed by atoms with E-state index in [1.807, 2.05) is 49.4 Å². The van der Waals surface area contributed by atoms with E-state index in [4.69, 9.17) is 0 Å². The number of hydrogen-bond donors (Lipinski definition) is 1. The molecule has 4 rings (SSSR count). The van der Waals surface area contributed by atoms with Crippen molar-refractivity contribution in [3.8, 4) is 0 Å². The minimum Gasteiger partial charge on any atom is -0.375 e. The molecule has 0 saturated carbocycles. The Morgan fingerprint density at radius 2 is 1.85 bits per heavy atom. The number of Topliss-reactive ketones (excluding diaryl/α,β-unsaturated/α-hetero) is 1. The van der Waals surface area contributed by atoms with Gasteiger partial charge in [0.1, 0.15) is 0 Å². The number of anilines is 1. The van der Waals surface area contributed by atoms with Gasteiger partial charge in [0, 0.05) is 22.1 Å². The Bertz CT molecular complexity index is 1070. The average Bonchev–Trinajstić information content (AvgIpc) is 2.88. The Hall–Kier alpha value is -2.50. The van der Waals surface area contributed by atoms with Gasteiger partial charge in [-0.05, 0) is 35.9 Å². The van der Waals surface area contributed by atoms with Crippen LogP contribution in [0.15, 0.2) is 65.1 Å². The van der Waals surface area contributed by atoms with Crippen LogP contribution in [0.25, 0.3) is 10.8 Å². The van der Waals surface area contributed by atoms with E-state index >= 15 is 0 Å². The highest BCUT2D eigenvalue weighted by atomic mass is 79.9. The Morgan fingerprint density at radius 1 is 1.11 bits per heavy atom. The summed E-state index contributed by atoms with van der Waals surface area (Å²) in [4.78, 5) is 27.6. The first-order valence-electron chi connectivity index (χ1n) is 8.81. The van der Waals surface area contributed by atoms with Crippen LogP contribution in [0.4, 0.5) is 5.69 Å². The number of ketones is 1. The van der Waals surface area contributed by atoms with Gasteiger partial charge in [-0.3, -0.25) is 9.59 Å². The molecule has 1 aliphatic heterocycles. The zero-order valence-corrected chi connectivity index (χ0v) is 16.4. The molecule has 4 nitrogen and oxygen atoms in total. The van der Waals surface area contributed by atoms with Crippen LogP contribution in [0.1, 0.15) is 29.3 Å². The van der Waals surface area contributed by atoms with Gasteiger partial charge in [0.15, 0.2) is 11.4 Å². The number of halogens is 1. The Morgan fingerprint density at radius 3 is 2.63 bits per heavy atom. The number of likely N-dealkylation sites (N-methyl/N-ethyl adjacent to an activating group) is 1. The fourth-order valence-electron chi connectivity index (χ4n) is 3.80. The van der Waals surface area contributed by atoms with E-state index in [0.717, 1.165) is 15.2 Å². The van der Waals surface area contributed by atoms with Crippen LogP contribution in [0.5, 0.6) is 0 Å². The number of amides is 1. The molecule has 1 unspecified atom stereocenters. The molecule has 0 aliphatic carbocycles. The molecule has 0 saturated heterocycles. The van der Waals surface area contributed by atoms with Crippen molar-refractivity contribution in [2.24, 2.45) is 0 Å². The smallest absolute Gasteiger partial charge is 0.264 e. The lowest BCUT2D eigenvalue weighted by Crippen LogP contribution is -2.41. The van der Waals surface area contributed by atoms with Crippen LogP contribution in [0.3, 0.4) is 0 Å². The number of benzene rings is 3. The number of carbonyl (C=O) groups excluding carboxylic acids is 2. The zero-order chi connectivity index (χ0) is 19.2. The second-order valence-corrected chi connectivity index (χ2v) is 7.61. The topological polar surface area (TPSA) is 57.6 Å². The van der Waals surface area contributed by atoms with E-state index in [-0.39, 0.29) is 12.2 Å². The molecule has 27 heavy (non-hydrogen) atoms. The zero-order valence-electron chi connectivity index (χ0n) is 14.8. The van der Waals surface area contributed by atoms with Crippen molar-refractivity contribution < 1.29 is 14.7 Å². The number of carbonyl (C=O) groups is 2. The largest absolute Gasteiger partial charge is 0.375 e. The van der Waals surface area contributed by atoms with Crippen LogP contribution in [0.2, 0.25) is 0 Å². The lowest BCUT2D eigenvalue weighted by Gasteiger charge is -2.22. The molecule has 1 N–H and O–H groups in total. The van der Waals surface area contributed by atoms with Crippen LogP contribution in [-0.2, 0) is 10.4 Å². The van der Waals surface area contributed by atoms with Gasteiger partial charge in [0.25, 0.3) is 5.91 Å². The number of hydrogen-bond acceptors (Lipinski definition) is 3. The van der Waals surface area contributed by atoms with Crippen LogP contribution < -0.4 is 4.90 Å². The lowest BCUT2D eigenvalue weighted by molar-refractivity contribution is -0.135. The molecule has 0 fully saturated rings. The van der Waals surface area contributed by atoms with Gasteiger partial charge in [-0.2, -0.15) is 0 Å². The summed E-state index contributed by atoms with van der Waals surface area (Å²) in [7, 11) is 0. The third kappa shape index (κ3) is 2.78. The molecule has 0 spiro atoms. The molecule has 0 radical (unpaired) electrons. The molecule has 3 aromatic carbocycles. The Kier molecular flexibility index (Phi) is 4.36. The highest BCUT2D eigenvalue weighted by Crippen LogP contribution is 2.44. The van der Waals surface area contributed by atoms with E-state index in [2.05, 4.69) is 15.9 Å². The number of fused-ring (bicyclic) bond motifs is 2. The summed E-state index contributed by atoms with van der Waals surface area (Å²) in [6, 6.07) is 18.4. The van der Waals surface area contributed by atoms with Gasteiger partial charge in [0.2, 0.25) is 0 Å². The van der Waals surface area contributed by atoms with E-state index in [9.17, 15) is 14.7 Å². The lowest BCUT2D eigenvalue weighted by atomic mass is 9.87. The first-order valence-corrected chi connectivity index (χ1v) is 9.60. The first-order chi connectivity index (χ1) is 13.0. The predicted octanol–water partition coefficient (Wildman–Crippen LogP) is 4.43. The van der Waals surface area contributed by atoms with E-state index in [1.165, 1.54) is 4.90 Å². The molecular formula is C22H18BrNO3. The highest BCUT2D eigenvalue weighted by molar-refractivity contribution is 9.10. The molecule has 1 aliphatic rings. The number of nitrogens with zero attached hydrogens (tertiary/aromatic N) is 1. The molecule has 1 atom stereocenters. The van der Waals surface area contributed by atoms with Crippen LogP contribution >= 0.6 is 15.9 Å². The van der Waals surface area contributed by atoms with Gasteiger partial charge < -0.3 is 10.0 Å². The van der Waals surface area contributed by atoms with Crippen molar-refractivity contribution in [3.05, 3.63) is 76.3 Å². The maximum Gasteiger partial charge on any atom is 0.264 e. The average molecular weight is 424 g/mol. The molecule has 5 heteroatoms. The fraction of sp³-hybridized carbons (Fsp3) is 0.182. The summed E-state index contributed by atoms with van der Waals surface area (Å²) in [6.45, 7) is 2.28. The van der Waals surface area contributed by atoms with Crippen molar-refractivity contribution >= 4 is 44.1 Å². The molecule has 3 aromatic rings. The maximum atomic E-state index is 13.1. The van der Waals surface area contributed by atoms with E-state index in [1.54, 1.807) is 18.2 Å². The quantitative estimate of drug-likeness (QED) is 0.631. The van der Waals surface area contributed by atoms with Crippen molar-refractivity contribution in [2.75, 3.05) is 11.4 Å². The molecule has 0 aromatic heterocycles. The third-order valence-corrected chi connectivity index (χ3v) is 5.61. The van der Waals surface area contributed by atoms with Gasteiger partial charge in [-0.15, -0.1) is 0 Å². The van der Waals surface area contributed by atoms with Gasteiger partial charge in [-0.25, -0.2) is 0 Å². The SMILES string of the molecule is CCN1C(=O)C(O)(CC(=O)c2cccc3ccccc23)c2cc(Br)ccc21. The summed E-state index contributed by atoms with van der Waals surface area (Å²) in [5.41, 5.74) is -0.222. The number of rotatable bonds is 4. The maximum absolute atomic E-state index is 13.1. The van der Waals surface area contributed by atoms with Crippen molar-refractivity contribution in [3.63, 3.8) is 0 Å². The first kappa shape index (κ1) is 17.9. The van der Waals surface area contributed by atoms with Crippen LogP contribution in [0, 0.1) is 0 Å². The fourth-order valence-corrected chi connectivity index (χ4v) is 4.16. The van der Waals surface area contributed by atoms with E-state index < -0.39 is 11.5 Å². The van der Waals surface area contributed by atoms with Crippen molar-refractivity contribution in [2.45, 2.75) is 18.9 Å². The van der Waals surface area contributed by atoms with Gasteiger partial charge in [0.05, 0.1) is 12.1 Å². The highest BCUT2D eigenvalue weighted by Gasteiger charge is 2.50. The normalized spacial score (nSPS) is 18.8. The summed E-state index contributed by atoms with van der Waals surface area (Å²) in [5, 5.41) is 13.1. The summed E-state index contributed by atoms with van der Waals surface area (Å²) in [5.74, 6) is -0.710. The molecular weight excluding hydrogens is 406 g/mol. The summed E-state index contributed by atoms with van der Waals surface area (Å²) < 4.78 is 0.753. The predicted molar refractivity (Wildman–Crippen MR) is 109 cm³/mol. The second kappa shape index (κ2) is 6.59. The summed E-state index contributed by atoms with van der Waals surface area (Å²) >= 11 is 3.40. The molecule has 136 valence electrons. The number of aliphatic hydroxyl groups is 1. The third-order valence-electron chi connectivity index (χ3n) is 5.12. The minimum absolute atomic E-state index is 0.258. The van der Waals surface area contributed by atoms with Crippen LogP contribution in [-0.4, -0.2) is 23.3 Å². The summed E-state index contributed by atoms with van der Waals surface area (Å²) in [6.07, 6.45) is -0.292. The second-order valence-electron chi connectivity index (χ2n) is 6.70. The molecule has 0 bridgehead atoms. The minimum atomic E-state index is -1.86. The molecule has 1 heterocycles. The molecule has 1 amide bonds. The Labute approximate surface area is 165 Å². The van der Waals surface area contributed by atoms with Gasteiger partial charge in [-0.1, -0.05) is 58.4 Å². The van der Waals surface area contributed by atoms with Crippen molar-refractivity contribution in [1.82, 2.24) is 0 Å². The van der Waals surface area contributed by atoms with Gasteiger partial charge >= 0.3 is 0 Å². The van der Waals surface area contributed by atoms with E-state index in [0.29, 0.717) is 23.4 Å². The van der Waals surface area contributed by atoms with Crippen molar-refractivity contribution in [1.29, 1.82) is 0 Å². The Balaban J connectivity index is 1.78. The monoisotopic (exact) mass is 423 g/mol. The standard InChI is InChI=1S/C22H18BrNO3/c1-2-24-19-11-10-15(23)12-18(19)22(27,21(24)26)13-20(25)17-9-5-7-14-6-3-4-8-16(14)17/h3-12,27H,2,13H2,1H3.